The minimum atomic E-state index is -1.71. The molecule has 1 aliphatic heterocycles. The van der Waals surface area contributed by atoms with Crippen LogP contribution in [0.5, 0.6) is 0 Å². The molecule has 0 aromatic carbocycles. The zero-order chi connectivity index (χ0) is 8.27. The minimum Gasteiger partial charge on any atom is -0.479 e. The highest BCUT2D eigenvalue weighted by molar-refractivity contribution is 5.72. The van der Waals surface area contributed by atoms with Gasteiger partial charge in [0.25, 0.3) is 0 Å². The second-order valence-corrected chi connectivity index (χ2v) is 2.69. The van der Waals surface area contributed by atoms with Crippen molar-refractivity contribution in [3.05, 3.63) is 0 Å². The molecular weight excluding hydrogens is 151 g/mol. The molecule has 0 unspecified atom stereocenters. The van der Waals surface area contributed by atoms with Crippen LogP contribution in [0.1, 0.15) is 12.8 Å². The maximum atomic E-state index is 12.8. The van der Waals surface area contributed by atoms with Crippen LogP contribution in [0.15, 0.2) is 0 Å². The van der Waals surface area contributed by atoms with Crippen LogP contribution in [0.25, 0.3) is 0 Å². The Bertz CT molecular complexity index is 143. The van der Waals surface area contributed by atoms with Crippen LogP contribution in [0, 0.1) is 5.92 Å². The number of halogens is 1. The van der Waals surface area contributed by atoms with Crippen molar-refractivity contribution < 1.29 is 19.0 Å². The first-order valence-corrected chi connectivity index (χ1v) is 3.66. The molecule has 64 valence electrons. The molecule has 1 atom stereocenters. The lowest BCUT2D eigenvalue weighted by Crippen LogP contribution is -2.30. The van der Waals surface area contributed by atoms with E-state index in [1.807, 2.05) is 0 Å². The fourth-order valence-corrected chi connectivity index (χ4v) is 1.21. The van der Waals surface area contributed by atoms with E-state index in [2.05, 4.69) is 0 Å². The van der Waals surface area contributed by atoms with Crippen LogP contribution in [0.3, 0.4) is 0 Å². The van der Waals surface area contributed by atoms with Gasteiger partial charge < -0.3 is 9.84 Å². The van der Waals surface area contributed by atoms with Crippen molar-refractivity contribution in [2.24, 2.45) is 5.92 Å². The van der Waals surface area contributed by atoms with Gasteiger partial charge in [0.15, 0.2) is 6.17 Å². The predicted molar refractivity (Wildman–Crippen MR) is 36.1 cm³/mol. The number of carboxylic acids is 1. The van der Waals surface area contributed by atoms with E-state index in [9.17, 15) is 9.18 Å². The summed E-state index contributed by atoms with van der Waals surface area (Å²) in [5.41, 5.74) is 0. The van der Waals surface area contributed by atoms with E-state index in [1.54, 1.807) is 0 Å². The van der Waals surface area contributed by atoms with Crippen molar-refractivity contribution in [2.45, 2.75) is 19.0 Å². The molecule has 0 spiro atoms. The van der Waals surface area contributed by atoms with Gasteiger partial charge in [-0.2, -0.15) is 0 Å². The number of hydrogen-bond acceptors (Lipinski definition) is 2. The Balaban J connectivity index is 2.38. The van der Waals surface area contributed by atoms with Gasteiger partial charge in [0, 0.05) is 19.1 Å². The van der Waals surface area contributed by atoms with E-state index in [-0.39, 0.29) is 5.92 Å². The second-order valence-electron chi connectivity index (χ2n) is 2.69. The Hall–Kier alpha value is -0.640. The first-order chi connectivity index (χ1) is 5.22. The number of aliphatic carboxylic acids is 1. The van der Waals surface area contributed by atoms with E-state index < -0.39 is 12.1 Å². The zero-order valence-electron chi connectivity index (χ0n) is 6.12. The average Bonchev–Trinajstić information content (AvgIpc) is 2.05. The first-order valence-electron chi connectivity index (χ1n) is 3.66. The third-order valence-electron chi connectivity index (χ3n) is 1.92. The van der Waals surface area contributed by atoms with E-state index >= 15 is 0 Å². The molecule has 1 N–H and O–H groups in total. The van der Waals surface area contributed by atoms with Crippen molar-refractivity contribution in [3.63, 3.8) is 0 Å². The Morgan fingerprint density at radius 1 is 1.55 bits per heavy atom. The Kier molecular flexibility index (Phi) is 2.82. The second kappa shape index (κ2) is 3.67. The number of hydrogen-bond donors (Lipinski definition) is 1. The zero-order valence-corrected chi connectivity index (χ0v) is 6.12. The molecule has 4 heteroatoms. The summed E-state index contributed by atoms with van der Waals surface area (Å²) >= 11 is 0. The van der Waals surface area contributed by atoms with Crippen LogP contribution in [-0.4, -0.2) is 30.5 Å². The standard InChI is InChI=1S/C7H11FO3/c8-6(7(9)10)5-1-3-11-4-2-5/h5-6H,1-4H2,(H,9,10)/t6-/m1/s1. The summed E-state index contributed by atoms with van der Waals surface area (Å²) in [6.07, 6.45) is -0.667. The number of alkyl halides is 1. The molecule has 0 saturated carbocycles. The molecule has 1 fully saturated rings. The van der Waals surface area contributed by atoms with Crippen LogP contribution < -0.4 is 0 Å². The van der Waals surface area contributed by atoms with Gasteiger partial charge in [0.1, 0.15) is 0 Å². The van der Waals surface area contributed by atoms with E-state index in [1.165, 1.54) is 0 Å². The van der Waals surface area contributed by atoms with Crippen molar-refractivity contribution in [2.75, 3.05) is 13.2 Å². The fraction of sp³-hybridized carbons (Fsp3) is 0.857. The topological polar surface area (TPSA) is 46.5 Å². The van der Waals surface area contributed by atoms with Crippen LogP contribution in [0.4, 0.5) is 4.39 Å². The lowest BCUT2D eigenvalue weighted by atomic mass is 9.95. The highest BCUT2D eigenvalue weighted by Gasteiger charge is 2.28. The molecule has 0 bridgehead atoms. The highest BCUT2D eigenvalue weighted by Crippen LogP contribution is 2.20. The van der Waals surface area contributed by atoms with Crippen molar-refractivity contribution >= 4 is 5.97 Å². The van der Waals surface area contributed by atoms with Gasteiger partial charge in [-0.25, -0.2) is 9.18 Å². The first kappa shape index (κ1) is 8.46. The van der Waals surface area contributed by atoms with Gasteiger partial charge in [-0.05, 0) is 12.8 Å². The minimum absolute atomic E-state index is 0.346. The Morgan fingerprint density at radius 2 is 2.09 bits per heavy atom. The molecule has 0 aromatic rings. The number of ether oxygens (including phenoxy) is 1. The highest BCUT2D eigenvalue weighted by atomic mass is 19.1. The quantitative estimate of drug-likeness (QED) is 0.654. The number of rotatable bonds is 2. The monoisotopic (exact) mass is 162 g/mol. The summed E-state index contributed by atoms with van der Waals surface area (Å²) in [6.45, 7) is 0.969. The lowest BCUT2D eigenvalue weighted by molar-refractivity contribution is -0.146. The Morgan fingerprint density at radius 3 is 2.55 bits per heavy atom. The molecule has 1 aliphatic rings. The van der Waals surface area contributed by atoms with Crippen LogP contribution in [0.2, 0.25) is 0 Å². The van der Waals surface area contributed by atoms with Crippen molar-refractivity contribution in [1.82, 2.24) is 0 Å². The smallest absolute Gasteiger partial charge is 0.338 e. The number of carbonyl (C=O) groups is 1. The van der Waals surface area contributed by atoms with E-state index in [4.69, 9.17) is 9.84 Å². The molecule has 0 amide bonds. The molecule has 0 aliphatic carbocycles. The SMILES string of the molecule is O=C(O)[C@H](F)C1CCOCC1. The van der Waals surface area contributed by atoms with E-state index in [0.717, 1.165) is 0 Å². The largest absolute Gasteiger partial charge is 0.479 e. The number of carboxylic acid groups (broad SMARTS) is 1. The van der Waals surface area contributed by atoms with Crippen LogP contribution >= 0.6 is 0 Å². The summed E-state index contributed by atoms with van der Waals surface area (Å²) in [5.74, 6) is -1.70. The molecular formula is C7H11FO3. The lowest BCUT2D eigenvalue weighted by Gasteiger charge is -2.22. The molecule has 0 aromatic heterocycles. The van der Waals surface area contributed by atoms with Gasteiger partial charge >= 0.3 is 5.97 Å². The molecule has 11 heavy (non-hydrogen) atoms. The summed E-state index contributed by atoms with van der Waals surface area (Å²) in [6, 6.07) is 0. The van der Waals surface area contributed by atoms with Gasteiger partial charge in [-0.15, -0.1) is 0 Å². The Labute approximate surface area is 64.2 Å². The van der Waals surface area contributed by atoms with Crippen molar-refractivity contribution in [3.8, 4) is 0 Å². The molecule has 0 radical (unpaired) electrons. The fourth-order valence-electron chi connectivity index (χ4n) is 1.21. The van der Waals surface area contributed by atoms with Gasteiger partial charge in [0.2, 0.25) is 0 Å². The van der Waals surface area contributed by atoms with Crippen LogP contribution in [-0.2, 0) is 9.53 Å². The predicted octanol–water partition coefficient (Wildman–Crippen LogP) is 0.836. The van der Waals surface area contributed by atoms with E-state index in [0.29, 0.717) is 26.1 Å². The normalized spacial score (nSPS) is 23.0. The maximum Gasteiger partial charge on any atom is 0.338 e. The van der Waals surface area contributed by atoms with Gasteiger partial charge in [0.05, 0.1) is 0 Å². The molecule has 1 heterocycles. The van der Waals surface area contributed by atoms with Crippen molar-refractivity contribution in [1.29, 1.82) is 0 Å². The molecule has 1 rings (SSSR count). The van der Waals surface area contributed by atoms with Gasteiger partial charge in [-0.1, -0.05) is 0 Å². The third-order valence-corrected chi connectivity index (χ3v) is 1.92. The maximum absolute atomic E-state index is 12.8. The average molecular weight is 162 g/mol. The van der Waals surface area contributed by atoms with Gasteiger partial charge in [-0.3, -0.25) is 0 Å². The molecule has 3 nitrogen and oxygen atoms in total. The summed E-state index contributed by atoms with van der Waals surface area (Å²) < 4.78 is 17.7. The third kappa shape index (κ3) is 2.15. The summed E-state index contributed by atoms with van der Waals surface area (Å²) in [7, 11) is 0. The summed E-state index contributed by atoms with van der Waals surface area (Å²) in [5, 5.41) is 8.32. The summed E-state index contributed by atoms with van der Waals surface area (Å²) in [4.78, 5) is 10.2. The molecule has 1 saturated heterocycles.